The number of carbonyl (C=O) groups excluding carboxylic acids is 1. The lowest BCUT2D eigenvalue weighted by Gasteiger charge is -2.30. The van der Waals surface area contributed by atoms with Gasteiger partial charge in [-0.15, -0.1) is 0 Å². The highest BCUT2D eigenvalue weighted by Crippen LogP contribution is 2.40. The van der Waals surface area contributed by atoms with Crippen LogP contribution in [-0.2, 0) is 5.41 Å². The number of benzene rings is 2. The summed E-state index contributed by atoms with van der Waals surface area (Å²) in [5, 5.41) is 10.2. The molecule has 0 unspecified atom stereocenters. The van der Waals surface area contributed by atoms with Gasteiger partial charge in [0.1, 0.15) is 5.82 Å². The number of hydrogen-bond donors (Lipinski definition) is 2. The van der Waals surface area contributed by atoms with E-state index in [-0.39, 0.29) is 28.4 Å². The first-order chi connectivity index (χ1) is 13.1. The zero-order valence-electron chi connectivity index (χ0n) is 14.8. The molecular formula is C21H20FN3O2. The third-order valence-electron chi connectivity index (χ3n) is 5.50. The fraction of sp³-hybridized carbons (Fsp3) is 0.286. The van der Waals surface area contributed by atoms with Crippen molar-refractivity contribution in [2.45, 2.75) is 31.1 Å². The largest absolute Gasteiger partial charge is 0.350 e. The Hall–Kier alpha value is -3.02. The second-order valence-electron chi connectivity index (χ2n) is 7.13. The summed E-state index contributed by atoms with van der Waals surface area (Å²) in [6.45, 7) is 0.407. The van der Waals surface area contributed by atoms with Crippen molar-refractivity contribution in [3.63, 3.8) is 0 Å². The van der Waals surface area contributed by atoms with Gasteiger partial charge in [0, 0.05) is 17.3 Å². The van der Waals surface area contributed by atoms with Gasteiger partial charge in [-0.1, -0.05) is 43.2 Å². The van der Waals surface area contributed by atoms with Crippen LogP contribution in [0.15, 0.2) is 53.3 Å². The van der Waals surface area contributed by atoms with Gasteiger partial charge >= 0.3 is 0 Å². The average molecular weight is 365 g/mol. The summed E-state index contributed by atoms with van der Waals surface area (Å²) in [7, 11) is 0. The van der Waals surface area contributed by atoms with Crippen LogP contribution in [0.1, 0.15) is 41.7 Å². The van der Waals surface area contributed by atoms with Gasteiger partial charge in [-0.05, 0) is 36.6 Å². The molecule has 1 amide bonds. The minimum absolute atomic E-state index is 0.192. The lowest BCUT2D eigenvalue weighted by molar-refractivity contribution is 0.0939. The molecule has 5 nitrogen and oxygen atoms in total. The summed E-state index contributed by atoms with van der Waals surface area (Å²) >= 11 is 0. The smallest absolute Gasteiger partial charge is 0.272 e. The molecule has 0 radical (unpaired) electrons. The van der Waals surface area contributed by atoms with Crippen molar-refractivity contribution in [3.05, 3.63) is 76.0 Å². The molecule has 1 aliphatic rings. The van der Waals surface area contributed by atoms with Crippen LogP contribution in [0.2, 0.25) is 0 Å². The van der Waals surface area contributed by atoms with Crippen LogP contribution in [0.3, 0.4) is 0 Å². The highest BCUT2D eigenvalue weighted by atomic mass is 19.1. The van der Waals surface area contributed by atoms with E-state index in [1.165, 1.54) is 6.07 Å². The Bertz CT molecular complexity index is 1050. The Morgan fingerprint density at radius 1 is 1.11 bits per heavy atom. The van der Waals surface area contributed by atoms with Crippen LogP contribution in [0.4, 0.5) is 4.39 Å². The monoisotopic (exact) mass is 365 g/mol. The summed E-state index contributed by atoms with van der Waals surface area (Å²) in [5.41, 5.74) is 0.516. The van der Waals surface area contributed by atoms with E-state index >= 15 is 0 Å². The second kappa shape index (κ2) is 6.95. The summed E-state index contributed by atoms with van der Waals surface area (Å²) in [4.78, 5) is 24.7. The molecule has 2 aromatic carbocycles. The molecule has 0 aliphatic heterocycles. The van der Waals surface area contributed by atoms with Crippen LogP contribution >= 0.6 is 0 Å². The normalized spacial score (nSPS) is 15.7. The first-order valence-electron chi connectivity index (χ1n) is 9.11. The minimum Gasteiger partial charge on any atom is -0.350 e. The molecular weight excluding hydrogens is 345 g/mol. The quantitative estimate of drug-likeness (QED) is 0.745. The van der Waals surface area contributed by atoms with Gasteiger partial charge in [-0.25, -0.2) is 9.49 Å². The molecule has 1 heterocycles. The maximum atomic E-state index is 13.7. The molecule has 0 atom stereocenters. The van der Waals surface area contributed by atoms with Crippen molar-refractivity contribution < 1.29 is 9.18 Å². The van der Waals surface area contributed by atoms with E-state index in [0.717, 1.165) is 31.2 Å². The number of halogens is 1. The Morgan fingerprint density at radius 3 is 2.59 bits per heavy atom. The van der Waals surface area contributed by atoms with E-state index in [2.05, 4.69) is 15.5 Å². The van der Waals surface area contributed by atoms with Crippen molar-refractivity contribution in [2.24, 2.45) is 0 Å². The van der Waals surface area contributed by atoms with Gasteiger partial charge in [0.05, 0.1) is 5.39 Å². The van der Waals surface area contributed by atoms with E-state index in [1.54, 1.807) is 36.4 Å². The third-order valence-corrected chi connectivity index (χ3v) is 5.50. The Morgan fingerprint density at radius 2 is 1.85 bits per heavy atom. The molecule has 3 aromatic rings. The Kier molecular flexibility index (Phi) is 4.48. The minimum atomic E-state index is -0.342. The van der Waals surface area contributed by atoms with Crippen LogP contribution in [-0.4, -0.2) is 22.6 Å². The molecule has 1 saturated carbocycles. The van der Waals surface area contributed by atoms with Crippen molar-refractivity contribution in [1.29, 1.82) is 0 Å². The molecule has 1 fully saturated rings. The first-order valence-corrected chi connectivity index (χ1v) is 9.11. The summed E-state index contributed by atoms with van der Waals surface area (Å²) in [6, 6.07) is 13.5. The predicted octanol–water partition coefficient (Wildman–Crippen LogP) is 3.30. The number of H-pyrrole nitrogens is 1. The van der Waals surface area contributed by atoms with Crippen LogP contribution in [0.25, 0.3) is 10.8 Å². The number of nitrogens with zero attached hydrogens (tertiary/aromatic N) is 1. The van der Waals surface area contributed by atoms with E-state index < -0.39 is 0 Å². The Labute approximate surface area is 155 Å². The second-order valence-corrected chi connectivity index (χ2v) is 7.13. The van der Waals surface area contributed by atoms with Crippen molar-refractivity contribution in [1.82, 2.24) is 15.5 Å². The third kappa shape index (κ3) is 3.23. The van der Waals surface area contributed by atoms with Crippen LogP contribution < -0.4 is 10.9 Å². The molecule has 0 spiro atoms. The number of fused-ring (bicyclic) bond motifs is 1. The number of hydrogen-bond acceptors (Lipinski definition) is 3. The van der Waals surface area contributed by atoms with Gasteiger partial charge in [0.25, 0.3) is 11.5 Å². The highest BCUT2D eigenvalue weighted by Gasteiger charge is 2.36. The average Bonchev–Trinajstić information content (AvgIpc) is 3.17. The van der Waals surface area contributed by atoms with Crippen molar-refractivity contribution >= 4 is 16.7 Å². The van der Waals surface area contributed by atoms with Crippen molar-refractivity contribution in [3.8, 4) is 0 Å². The molecule has 27 heavy (non-hydrogen) atoms. The van der Waals surface area contributed by atoms with Gasteiger partial charge < -0.3 is 5.32 Å². The number of nitrogens with one attached hydrogen (secondary N) is 2. The fourth-order valence-electron chi connectivity index (χ4n) is 4.06. The predicted molar refractivity (Wildman–Crippen MR) is 101 cm³/mol. The van der Waals surface area contributed by atoms with E-state index in [1.807, 2.05) is 6.07 Å². The number of aromatic nitrogens is 2. The molecule has 4 rings (SSSR count). The van der Waals surface area contributed by atoms with E-state index in [4.69, 9.17) is 0 Å². The number of carbonyl (C=O) groups is 1. The van der Waals surface area contributed by atoms with E-state index in [9.17, 15) is 14.0 Å². The number of rotatable bonds is 4. The standard InChI is InChI=1S/C21H20FN3O2/c22-15-7-5-6-14(12-15)21(10-3-4-11-21)13-23-20(27)18-16-8-1-2-9-17(16)19(26)25-24-18/h1-2,5-9,12H,3-4,10-11,13H2,(H,23,27)(H,25,26). The number of amides is 1. The Balaban J connectivity index is 1.62. The zero-order chi connectivity index (χ0) is 18.9. The number of aromatic amines is 1. The van der Waals surface area contributed by atoms with E-state index in [0.29, 0.717) is 17.3 Å². The van der Waals surface area contributed by atoms with Gasteiger partial charge in [-0.2, -0.15) is 5.10 Å². The lowest BCUT2D eigenvalue weighted by Crippen LogP contribution is -2.39. The molecule has 1 aromatic heterocycles. The summed E-state index contributed by atoms with van der Waals surface area (Å²) in [5.74, 6) is -0.608. The molecule has 138 valence electrons. The topological polar surface area (TPSA) is 74.8 Å². The lowest BCUT2D eigenvalue weighted by atomic mass is 9.78. The summed E-state index contributed by atoms with van der Waals surface area (Å²) in [6.07, 6.45) is 3.89. The van der Waals surface area contributed by atoms with Gasteiger partial charge in [-0.3, -0.25) is 9.59 Å². The zero-order valence-corrected chi connectivity index (χ0v) is 14.8. The maximum Gasteiger partial charge on any atom is 0.272 e. The maximum absolute atomic E-state index is 13.7. The van der Waals surface area contributed by atoms with Gasteiger partial charge in [0.2, 0.25) is 0 Å². The first kappa shape index (κ1) is 17.4. The molecule has 1 aliphatic carbocycles. The highest BCUT2D eigenvalue weighted by molar-refractivity contribution is 6.04. The molecule has 6 heteroatoms. The molecule has 0 bridgehead atoms. The van der Waals surface area contributed by atoms with Crippen molar-refractivity contribution in [2.75, 3.05) is 6.54 Å². The van der Waals surface area contributed by atoms with Crippen LogP contribution in [0, 0.1) is 5.82 Å². The van der Waals surface area contributed by atoms with Gasteiger partial charge in [0.15, 0.2) is 5.69 Å². The van der Waals surface area contributed by atoms with Crippen LogP contribution in [0.5, 0.6) is 0 Å². The SMILES string of the molecule is O=C(NCC1(c2cccc(F)c2)CCCC1)c1n[nH]c(=O)c2ccccc12. The molecule has 2 N–H and O–H groups in total. The summed E-state index contributed by atoms with van der Waals surface area (Å²) < 4.78 is 13.7. The molecule has 0 saturated heterocycles. The fourth-order valence-corrected chi connectivity index (χ4v) is 4.06.